The molecule has 136 valence electrons. The lowest BCUT2D eigenvalue weighted by Gasteiger charge is -2.36. The molecule has 25 heavy (non-hydrogen) atoms. The second-order valence-corrected chi connectivity index (χ2v) is 8.55. The molecule has 0 spiro atoms. The molecule has 0 radical (unpaired) electrons. The van der Waals surface area contributed by atoms with E-state index in [0.29, 0.717) is 32.4 Å². The first-order valence-electron chi connectivity index (χ1n) is 8.39. The number of carbonyl (C=O) groups excluding carboxylic acids is 1. The van der Waals surface area contributed by atoms with Crippen LogP contribution in [0.15, 0.2) is 23.1 Å². The SMILES string of the molecule is CC(=O)N1CCc2cc(S(=O)(=O)N3CCC[C@@H](C(=O)O)[C@H]3C)ccc21. The Kier molecular flexibility index (Phi) is 4.59. The van der Waals surface area contributed by atoms with Crippen LogP contribution in [-0.2, 0) is 26.0 Å². The molecule has 0 aromatic heterocycles. The van der Waals surface area contributed by atoms with Crippen LogP contribution in [0.3, 0.4) is 0 Å². The molecule has 3 rings (SSSR count). The van der Waals surface area contributed by atoms with E-state index in [2.05, 4.69) is 0 Å². The fourth-order valence-electron chi connectivity index (χ4n) is 3.78. The van der Waals surface area contributed by atoms with Crippen LogP contribution in [0.25, 0.3) is 0 Å². The normalized spacial score (nSPS) is 24.2. The minimum Gasteiger partial charge on any atom is -0.481 e. The number of piperidine rings is 1. The van der Waals surface area contributed by atoms with E-state index < -0.39 is 28.0 Å². The Hall–Kier alpha value is -1.93. The maximum absolute atomic E-state index is 13.0. The van der Waals surface area contributed by atoms with E-state index in [0.717, 1.165) is 11.3 Å². The van der Waals surface area contributed by atoms with Gasteiger partial charge in [-0.25, -0.2) is 8.42 Å². The van der Waals surface area contributed by atoms with Crippen molar-refractivity contribution >= 4 is 27.6 Å². The van der Waals surface area contributed by atoms with Crippen LogP contribution in [0.5, 0.6) is 0 Å². The molecule has 0 aliphatic carbocycles. The van der Waals surface area contributed by atoms with Crippen molar-refractivity contribution in [2.75, 3.05) is 18.0 Å². The number of carbonyl (C=O) groups is 2. The molecule has 1 amide bonds. The van der Waals surface area contributed by atoms with Crippen LogP contribution < -0.4 is 4.90 Å². The largest absolute Gasteiger partial charge is 0.481 e. The van der Waals surface area contributed by atoms with Crippen molar-refractivity contribution in [2.45, 2.75) is 44.0 Å². The summed E-state index contributed by atoms with van der Waals surface area (Å²) < 4.78 is 27.4. The first-order valence-corrected chi connectivity index (χ1v) is 9.83. The van der Waals surface area contributed by atoms with Gasteiger partial charge in [-0.15, -0.1) is 0 Å². The highest BCUT2D eigenvalue weighted by atomic mass is 32.2. The van der Waals surface area contributed by atoms with E-state index in [4.69, 9.17) is 0 Å². The lowest BCUT2D eigenvalue weighted by molar-refractivity contribution is -0.144. The quantitative estimate of drug-likeness (QED) is 0.874. The lowest BCUT2D eigenvalue weighted by atomic mass is 9.92. The molecule has 2 aliphatic rings. The highest BCUT2D eigenvalue weighted by molar-refractivity contribution is 7.89. The van der Waals surface area contributed by atoms with Crippen LogP contribution in [0, 0.1) is 5.92 Å². The highest BCUT2D eigenvalue weighted by Crippen LogP contribution is 2.34. The van der Waals surface area contributed by atoms with Crippen LogP contribution in [-0.4, -0.2) is 48.8 Å². The second kappa shape index (κ2) is 6.42. The Morgan fingerprint density at radius 3 is 2.60 bits per heavy atom. The van der Waals surface area contributed by atoms with Crippen LogP contribution >= 0.6 is 0 Å². The minimum atomic E-state index is -3.77. The van der Waals surface area contributed by atoms with Gasteiger partial charge in [-0.05, 0) is 49.9 Å². The Balaban J connectivity index is 1.93. The molecule has 2 heterocycles. The predicted octanol–water partition coefficient (Wildman–Crippen LogP) is 1.47. The molecule has 2 atom stereocenters. The number of carboxylic acids is 1. The number of benzene rings is 1. The van der Waals surface area contributed by atoms with Gasteiger partial charge in [-0.3, -0.25) is 9.59 Å². The van der Waals surface area contributed by atoms with E-state index in [-0.39, 0.29) is 10.8 Å². The molecule has 0 bridgehead atoms. The van der Waals surface area contributed by atoms with E-state index in [1.54, 1.807) is 24.0 Å². The summed E-state index contributed by atoms with van der Waals surface area (Å²) in [5.41, 5.74) is 1.58. The fraction of sp³-hybridized carbons (Fsp3) is 0.529. The van der Waals surface area contributed by atoms with Crippen molar-refractivity contribution in [3.63, 3.8) is 0 Å². The number of fused-ring (bicyclic) bond motifs is 1. The van der Waals surface area contributed by atoms with Gasteiger partial charge in [0.1, 0.15) is 0 Å². The summed E-state index contributed by atoms with van der Waals surface area (Å²) >= 11 is 0. The predicted molar refractivity (Wildman–Crippen MR) is 91.9 cm³/mol. The Morgan fingerprint density at radius 2 is 1.96 bits per heavy atom. The summed E-state index contributed by atoms with van der Waals surface area (Å²) in [6, 6.07) is 4.20. The van der Waals surface area contributed by atoms with Crippen molar-refractivity contribution in [2.24, 2.45) is 5.92 Å². The zero-order valence-electron chi connectivity index (χ0n) is 14.3. The van der Waals surface area contributed by atoms with E-state index in [1.165, 1.54) is 17.3 Å². The Bertz CT molecular complexity index is 820. The van der Waals surface area contributed by atoms with Gasteiger partial charge >= 0.3 is 5.97 Å². The number of nitrogens with zero attached hydrogens (tertiary/aromatic N) is 2. The van der Waals surface area contributed by atoms with Gasteiger partial charge in [0.25, 0.3) is 0 Å². The summed E-state index contributed by atoms with van der Waals surface area (Å²) in [6.45, 7) is 4.01. The summed E-state index contributed by atoms with van der Waals surface area (Å²) in [6.07, 6.45) is 1.63. The molecule has 1 saturated heterocycles. The molecule has 8 heteroatoms. The molecule has 1 N–H and O–H groups in total. The molecule has 1 aromatic rings. The molecular weight excluding hydrogens is 344 g/mol. The summed E-state index contributed by atoms with van der Waals surface area (Å²) in [7, 11) is -3.77. The van der Waals surface area contributed by atoms with E-state index in [9.17, 15) is 23.1 Å². The van der Waals surface area contributed by atoms with Crippen LogP contribution in [0.4, 0.5) is 5.69 Å². The first kappa shape index (κ1) is 17.9. The van der Waals surface area contributed by atoms with Crippen molar-refractivity contribution in [1.82, 2.24) is 4.31 Å². The topological polar surface area (TPSA) is 95.0 Å². The minimum absolute atomic E-state index is 0.0664. The summed E-state index contributed by atoms with van der Waals surface area (Å²) in [5.74, 6) is -1.71. The zero-order chi connectivity index (χ0) is 18.4. The van der Waals surface area contributed by atoms with Crippen molar-refractivity contribution in [1.29, 1.82) is 0 Å². The average molecular weight is 366 g/mol. The number of sulfonamides is 1. The van der Waals surface area contributed by atoms with Crippen molar-refractivity contribution in [3.8, 4) is 0 Å². The molecule has 0 unspecified atom stereocenters. The third-order valence-electron chi connectivity index (χ3n) is 5.18. The third-order valence-corrected chi connectivity index (χ3v) is 7.16. The lowest BCUT2D eigenvalue weighted by Crippen LogP contribution is -2.48. The number of hydrogen-bond donors (Lipinski definition) is 1. The molecule has 2 aliphatic heterocycles. The standard InChI is InChI=1S/C17H22N2O5S/c1-11-15(17(21)22)4-3-8-19(11)25(23,24)14-5-6-16-13(10-14)7-9-18(16)12(2)20/h5-6,10-11,15H,3-4,7-9H2,1-2H3,(H,21,22)/t11-,15-/m1/s1. The van der Waals surface area contributed by atoms with E-state index in [1.807, 2.05) is 0 Å². The molecular formula is C17H22N2O5S. The van der Waals surface area contributed by atoms with Gasteiger partial charge in [0, 0.05) is 31.7 Å². The summed E-state index contributed by atoms with van der Waals surface area (Å²) in [4.78, 5) is 24.8. The van der Waals surface area contributed by atoms with Gasteiger partial charge in [0.05, 0.1) is 10.8 Å². The summed E-state index contributed by atoms with van der Waals surface area (Å²) in [5, 5.41) is 9.31. The first-order chi connectivity index (χ1) is 11.7. The number of hydrogen-bond acceptors (Lipinski definition) is 4. The average Bonchev–Trinajstić information content (AvgIpc) is 2.97. The number of amides is 1. The van der Waals surface area contributed by atoms with E-state index >= 15 is 0 Å². The monoisotopic (exact) mass is 366 g/mol. The maximum Gasteiger partial charge on any atom is 0.308 e. The van der Waals surface area contributed by atoms with Gasteiger partial charge in [-0.1, -0.05) is 0 Å². The Morgan fingerprint density at radius 1 is 1.24 bits per heavy atom. The smallest absolute Gasteiger partial charge is 0.308 e. The third kappa shape index (κ3) is 3.04. The van der Waals surface area contributed by atoms with Crippen LogP contribution in [0.2, 0.25) is 0 Å². The zero-order valence-corrected chi connectivity index (χ0v) is 15.1. The molecule has 0 saturated carbocycles. The number of rotatable bonds is 3. The number of carboxylic acid groups (broad SMARTS) is 1. The second-order valence-electron chi connectivity index (χ2n) is 6.65. The Labute approximate surface area is 147 Å². The number of aliphatic carboxylic acids is 1. The van der Waals surface area contributed by atoms with Crippen LogP contribution in [0.1, 0.15) is 32.3 Å². The van der Waals surface area contributed by atoms with Gasteiger partial charge in [0.15, 0.2) is 0 Å². The molecule has 1 aromatic carbocycles. The van der Waals surface area contributed by atoms with Gasteiger partial charge in [-0.2, -0.15) is 4.31 Å². The molecule has 7 nitrogen and oxygen atoms in total. The highest BCUT2D eigenvalue weighted by Gasteiger charge is 2.40. The maximum atomic E-state index is 13.0. The van der Waals surface area contributed by atoms with Crippen molar-refractivity contribution < 1.29 is 23.1 Å². The fourth-order valence-corrected chi connectivity index (χ4v) is 5.54. The van der Waals surface area contributed by atoms with Gasteiger partial charge in [0.2, 0.25) is 15.9 Å². The van der Waals surface area contributed by atoms with Gasteiger partial charge < -0.3 is 10.0 Å². The van der Waals surface area contributed by atoms with Crippen molar-refractivity contribution in [3.05, 3.63) is 23.8 Å². The molecule has 1 fully saturated rings. The number of anilines is 1.